The van der Waals surface area contributed by atoms with Crippen LogP contribution in [-0.4, -0.2) is 90.9 Å². The topological polar surface area (TPSA) is 127 Å². The lowest BCUT2D eigenvalue weighted by molar-refractivity contribution is -0.134. The van der Waals surface area contributed by atoms with E-state index in [4.69, 9.17) is 13.8 Å². The minimum atomic E-state index is -3.75. The molecule has 1 fully saturated rings. The Bertz CT molecular complexity index is 1400. The third-order valence-corrected chi connectivity index (χ3v) is 9.13. The fraction of sp³-hybridized carbons (Fsp3) is 0.375. The fourth-order valence-corrected chi connectivity index (χ4v) is 6.69. The first kappa shape index (κ1) is 32.9. The molecular weight excluding hydrogens is 583 g/mol. The number of carbonyl (C=O) groups excluding carboxylic acids is 3. The van der Waals surface area contributed by atoms with Crippen molar-refractivity contribution in [3.8, 4) is 22.4 Å². The number of hydrogen-bond acceptors (Lipinski definition) is 8. The summed E-state index contributed by atoms with van der Waals surface area (Å²) < 4.78 is 29.6. The molecule has 0 saturated carbocycles. The van der Waals surface area contributed by atoms with E-state index < -0.39 is 31.5 Å². The molecule has 2 heterocycles. The molecular formula is C32H39N4O7P. The Kier molecular flexibility index (Phi) is 11.7. The smallest absolute Gasteiger partial charge is 0.409 e. The predicted molar refractivity (Wildman–Crippen MR) is 167 cm³/mol. The number of benzene rings is 2. The molecule has 0 bridgehead atoms. The van der Waals surface area contributed by atoms with Gasteiger partial charge in [0, 0.05) is 31.7 Å². The predicted octanol–water partition coefficient (Wildman–Crippen LogP) is 5.08. The van der Waals surface area contributed by atoms with Crippen LogP contribution in [0.3, 0.4) is 0 Å². The van der Waals surface area contributed by atoms with E-state index in [9.17, 15) is 18.9 Å². The number of carbonyl (C=O) groups is 3. The molecule has 1 aliphatic rings. The van der Waals surface area contributed by atoms with Crippen LogP contribution in [0.2, 0.25) is 0 Å². The van der Waals surface area contributed by atoms with Gasteiger partial charge in [0.15, 0.2) is 0 Å². The van der Waals surface area contributed by atoms with Crippen LogP contribution in [0, 0.1) is 0 Å². The van der Waals surface area contributed by atoms with E-state index in [0.29, 0.717) is 5.69 Å². The maximum absolute atomic E-state index is 13.9. The summed E-state index contributed by atoms with van der Waals surface area (Å²) >= 11 is 0. The lowest BCUT2D eigenvalue weighted by Gasteiger charge is -2.36. The van der Waals surface area contributed by atoms with E-state index in [1.54, 1.807) is 26.8 Å². The summed E-state index contributed by atoms with van der Waals surface area (Å²) in [6, 6.07) is 21.4. The maximum Gasteiger partial charge on any atom is 0.409 e. The molecule has 3 amide bonds. The average Bonchev–Trinajstić information content (AvgIpc) is 3.05. The van der Waals surface area contributed by atoms with E-state index in [0.717, 1.165) is 16.7 Å². The zero-order chi connectivity index (χ0) is 31.5. The van der Waals surface area contributed by atoms with Gasteiger partial charge in [0.2, 0.25) is 5.91 Å². The van der Waals surface area contributed by atoms with Gasteiger partial charge in [-0.1, -0.05) is 60.7 Å². The second kappa shape index (κ2) is 15.6. The molecule has 0 aliphatic carbocycles. The number of nitrogens with zero attached hydrogens (tertiary/aromatic N) is 3. The number of ether oxygens (including phenoxy) is 1. The minimum Gasteiger partial charge on any atom is -0.450 e. The van der Waals surface area contributed by atoms with Crippen LogP contribution in [0.15, 0.2) is 72.8 Å². The Morgan fingerprint density at radius 2 is 1.36 bits per heavy atom. The molecule has 1 atom stereocenters. The van der Waals surface area contributed by atoms with E-state index in [2.05, 4.69) is 10.3 Å². The molecule has 11 nitrogen and oxygen atoms in total. The van der Waals surface area contributed by atoms with Gasteiger partial charge < -0.3 is 28.9 Å². The van der Waals surface area contributed by atoms with Crippen molar-refractivity contribution < 1.29 is 32.7 Å². The Balaban J connectivity index is 1.64. The third-order valence-electron chi connectivity index (χ3n) is 7.01. The van der Waals surface area contributed by atoms with Crippen LogP contribution in [0.4, 0.5) is 4.79 Å². The highest BCUT2D eigenvalue weighted by Gasteiger charge is 2.37. The standard InChI is InChI=1S/C32H39N4O7P/c1-4-41-32(39)36-19-17-35(18-20-36)31(38)29(23-44(40,42-5-2)43-6-3)34-30(37)28-22-26(24-13-9-7-10-14-24)21-27(33-28)25-15-11-8-12-16-25/h7-16,21-22,29H,4-6,17-20,23H2,1-3H3,(H,34,37)/t29-/m0/s1. The van der Waals surface area contributed by atoms with E-state index >= 15 is 0 Å². The molecule has 234 valence electrons. The largest absolute Gasteiger partial charge is 0.450 e. The van der Waals surface area contributed by atoms with Crippen molar-refractivity contribution in [1.82, 2.24) is 20.1 Å². The van der Waals surface area contributed by atoms with Gasteiger partial charge in [-0.3, -0.25) is 14.2 Å². The summed E-state index contributed by atoms with van der Waals surface area (Å²) in [5.41, 5.74) is 3.17. The molecule has 44 heavy (non-hydrogen) atoms. The normalized spacial score (nSPS) is 14.2. The lowest BCUT2D eigenvalue weighted by atomic mass is 10.0. The molecule has 0 spiro atoms. The summed E-state index contributed by atoms with van der Waals surface area (Å²) in [4.78, 5) is 47.6. The van der Waals surface area contributed by atoms with Crippen molar-refractivity contribution in [1.29, 1.82) is 0 Å². The van der Waals surface area contributed by atoms with Gasteiger partial charge in [0.25, 0.3) is 5.91 Å². The first-order valence-electron chi connectivity index (χ1n) is 14.8. The quantitative estimate of drug-likeness (QED) is 0.277. The first-order valence-corrected chi connectivity index (χ1v) is 16.5. The third kappa shape index (κ3) is 8.53. The monoisotopic (exact) mass is 622 g/mol. The van der Waals surface area contributed by atoms with Crippen LogP contribution in [0.1, 0.15) is 31.3 Å². The Hall–Kier alpha value is -4.05. The Morgan fingerprint density at radius 1 is 0.795 bits per heavy atom. The van der Waals surface area contributed by atoms with Crippen molar-refractivity contribution in [3.05, 3.63) is 78.5 Å². The number of hydrogen-bond donors (Lipinski definition) is 1. The molecule has 1 aromatic heterocycles. The molecule has 1 N–H and O–H groups in total. The van der Waals surface area contributed by atoms with E-state index in [-0.39, 0.29) is 57.9 Å². The summed E-state index contributed by atoms with van der Waals surface area (Å²) in [6.45, 7) is 6.52. The zero-order valence-corrected chi connectivity index (χ0v) is 26.2. The summed E-state index contributed by atoms with van der Waals surface area (Å²) in [6.07, 6.45) is -0.804. The van der Waals surface area contributed by atoms with E-state index in [1.807, 2.05) is 66.7 Å². The van der Waals surface area contributed by atoms with Gasteiger partial charge >= 0.3 is 13.7 Å². The number of rotatable bonds is 12. The van der Waals surface area contributed by atoms with Crippen molar-refractivity contribution in [3.63, 3.8) is 0 Å². The fourth-order valence-electron chi connectivity index (χ4n) is 4.92. The van der Waals surface area contributed by atoms with Gasteiger partial charge in [-0.25, -0.2) is 9.78 Å². The average molecular weight is 623 g/mol. The number of aromatic nitrogens is 1. The lowest BCUT2D eigenvalue weighted by Crippen LogP contribution is -2.57. The Morgan fingerprint density at radius 3 is 1.93 bits per heavy atom. The van der Waals surface area contributed by atoms with Crippen LogP contribution < -0.4 is 5.32 Å². The van der Waals surface area contributed by atoms with Gasteiger partial charge in [-0.05, 0) is 44.0 Å². The molecule has 4 rings (SSSR count). The first-order chi connectivity index (χ1) is 21.3. The van der Waals surface area contributed by atoms with Gasteiger partial charge in [0.05, 0.1) is 31.7 Å². The highest BCUT2D eigenvalue weighted by atomic mass is 31.2. The number of piperazine rings is 1. The molecule has 2 aromatic carbocycles. The van der Waals surface area contributed by atoms with Crippen LogP contribution in [0.25, 0.3) is 22.4 Å². The summed E-state index contributed by atoms with van der Waals surface area (Å²) in [5, 5.41) is 2.78. The van der Waals surface area contributed by atoms with Gasteiger partial charge in [-0.15, -0.1) is 0 Å². The molecule has 0 radical (unpaired) electrons. The second-order valence-electron chi connectivity index (χ2n) is 10.0. The molecule has 0 unspecified atom stereocenters. The molecule has 3 aromatic rings. The number of nitrogens with one attached hydrogen (secondary N) is 1. The Labute approximate surface area is 258 Å². The number of pyridine rings is 1. The maximum atomic E-state index is 13.9. The zero-order valence-electron chi connectivity index (χ0n) is 25.3. The highest BCUT2D eigenvalue weighted by molar-refractivity contribution is 7.54. The van der Waals surface area contributed by atoms with Crippen LogP contribution >= 0.6 is 7.60 Å². The summed E-state index contributed by atoms with van der Waals surface area (Å²) in [5.74, 6) is -1.06. The highest BCUT2D eigenvalue weighted by Crippen LogP contribution is 2.48. The number of amides is 3. The van der Waals surface area contributed by atoms with Gasteiger partial charge in [0.1, 0.15) is 11.7 Å². The molecule has 12 heteroatoms. The van der Waals surface area contributed by atoms with Crippen molar-refractivity contribution >= 4 is 25.5 Å². The van der Waals surface area contributed by atoms with Crippen LogP contribution in [0.5, 0.6) is 0 Å². The molecule has 1 aliphatic heterocycles. The second-order valence-corrected chi connectivity index (χ2v) is 12.1. The van der Waals surface area contributed by atoms with Gasteiger partial charge in [-0.2, -0.15) is 0 Å². The van der Waals surface area contributed by atoms with Crippen molar-refractivity contribution in [2.75, 3.05) is 52.2 Å². The van der Waals surface area contributed by atoms with Crippen molar-refractivity contribution in [2.24, 2.45) is 0 Å². The summed E-state index contributed by atoms with van der Waals surface area (Å²) in [7, 11) is -3.75. The molecule has 1 saturated heterocycles. The van der Waals surface area contributed by atoms with Crippen molar-refractivity contribution in [2.45, 2.75) is 26.8 Å². The minimum absolute atomic E-state index is 0.0952. The van der Waals surface area contributed by atoms with Crippen LogP contribution in [-0.2, 0) is 23.1 Å². The SMILES string of the molecule is CCOC(=O)N1CCN(C(=O)[C@H](CP(=O)(OCC)OCC)NC(=O)c2cc(-c3ccccc3)cc(-c3ccccc3)n2)CC1. The van der Waals surface area contributed by atoms with E-state index in [1.165, 1.54) is 9.80 Å².